The number of hydrogen-bond donors (Lipinski definition) is 0. The molecular weight excluding hydrogens is 311 g/mol. The molecule has 1 atom stereocenters. The van der Waals surface area contributed by atoms with E-state index in [-0.39, 0.29) is 11.9 Å². The van der Waals surface area contributed by atoms with Gasteiger partial charge >= 0.3 is 0 Å². The fourth-order valence-corrected chi connectivity index (χ4v) is 3.88. The highest BCUT2D eigenvalue weighted by molar-refractivity contribution is 7.18. The number of rotatable bonds is 3. The molecule has 4 rings (SSSR count). The Morgan fingerprint density at radius 3 is 2.91 bits per heavy atom. The summed E-state index contributed by atoms with van der Waals surface area (Å²) in [6.07, 6.45) is 3.82. The Hall–Kier alpha value is -2.34. The van der Waals surface area contributed by atoms with Crippen LogP contribution in [0.25, 0.3) is 10.7 Å². The smallest absolute Gasteiger partial charge is 0.209 e. The van der Waals surface area contributed by atoms with Crippen molar-refractivity contribution in [3.8, 4) is 10.7 Å². The molecule has 6 heteroatoms. The molecule has 0 saturated carbocycles. The highest BCUT2D eigenvalue weighted by Crippen LogP contribution is 2.38. The third-order valence-electron chi connectivity index (χ3n) is 4.03. The van der Waals surface area contributed by atoms with E-state index in [9.17, 15) is 4.39 Å². The summed E-state index contributed by atoms with van der Waals surface area (Å²) in [6, 6.07) is 12.7. The van der Waals surface area contributed by atoms with Crippen LogP contribution in [-0.2, 0) is 0 Å². The average Bonchev–Trinajstić information content (AvgIpc) is 3.25. The van der Waals surface area contributed by atoms with Crippen LogP contribution in [0.3, 0.4) is 0 Å². The lowest BCUT2D eigenvalue weighted by Gasteiger charge is -2.23. The zero-order valence-electron chi connectivity index (χ0n) is 12.4. The van der Waals surface area contributed by atoms with E-state index in [0.717, 1.165) is 40.8 Å². The van der Waals surface area contributed by atoms with Gasteiger partial charge in [0.25, 0.3) is 0 Å². The molecule has 4 nitrogen and oxygen atoms in total. The SMILES string of the molecule is Fc1cccc([C@@H]2CCCN2c2nnc(-c3ccccn3)s2)c1. The van der Waals surface area contributed by atoms with Gasteiger partial charge in [-0.05, 0) is 42.7 Å². The van der Waals surface area contributed by atoms with Crippen molar-refractivity contribution in [2.75, 3.05) is 11.4 Å². The van der Waals surface area contributed by atoms with E-state index < -0.39 is 0 Å². The van der Waals surface area contributed by atoms with Gasteiger partial charge in [-0.1, -0.05) is 29.5 Å². The van der Waals surface area contributed by atoms with Crippen LogP contribution in [0, 0.1) is 5.82 Å². The highest BCUT2D eigenvalue weighted by Gasteiger charge is 2.29. The third-order valence-corrected chi connectivity index (χ3v) is 5.01. The molecule has 1 aliphatic heterocycles. The molecule has 0 amide bonds. The Morgan fingerprint density at radius 2 is 2.09 bits per heavy atom. The fraction of sp³-hybridized carbons (Fsp3) is 0.235. The summed E-state index contributed by atoms with van der Waals surface area (Å²) >= 11 is 1.53. The van der Waals surface area contributed by atoms with Crippen molar-refractivity contribution in [3.63, 3.8) is 0 Å². The maximum Gasteiger partial charge on any atom is 0.209 e. The van der Waals surface area contributed by atoms with Crippen LogP contribution in [0.1, 0.15) is 24.4 Å². The van der Waals surface area contributed by atoms with E-state index in [1.807, 2.05) is 24.3 Å². The minimum atomic E-state index is -0.194. The Bertz CT molecular complexity index is 805. The molecule has 1 fully saturated rings. The van der Waals surface area contributed by atoms with Crippen molar-refractivity contribution < 1.29 is 4.39 Å². The molecule has 1 aromatic carbocycles. The lowest BCUT2D eigenvalue weighted by Crippen LogP contribution is -2.22. The Balaban J connectivity index is 1.63. The van der Waals surface area contributed by atoms with Crippen molar-refractivity contribution in [1.29, 1.82) is 0 Å². The van der Waals surface area contributed by atoms with Crippen LogP contribution < -0.4 is 4.90 Å². The monoisotopic (exact) mass is 326 g/mol. The van der Waals surface area contributed by atoms with Crippen LogP contribution in [-0.4, -0.2) is 21.7 Å². The maximum atomic E-state index is 13.5. The second-order valence-electron chi connectivity index (χ2n) is 5.51. The molecule has 3 aromatic rings. The van der Waals surface area contributed by atoms with Crippen LogP contribution in [0.4, 0.5) is 9.52 Å². The molecule has 0 spiro atoms. The summed E-state index contributed by atoms with van der Waals surface area (Å²) in [7, 11) is 0. The average molecular weight is 326 g/mol. The normalized spacial score (nSPS) is 17.6. The molecule has 3 heterocycles. The van der Waals surface area contributed by atoms with Crippen LogP contribution in [0.15, 0.2) is 48.7 Å². The number of anilines is 1. The van der Waals surface area contributed by atoms with Gasteiger partial charge in [0.15, 0.2) is 5.01 Å². The number of halogens is 1. The number of benzene rings is 1. The minimum Gasteiger partial charge on any atom is -0.340 e. The number of pyridine rings is 1. The van der Waals surface area contributed by atoms with Crippen molar-refractivity contribution >= 4 is 16.5 Å². The van der Waals surface area contributed by atoms with E-state index in [1.54, 1.807) is 18.3 Å². The van der Waals surface area contributed by atoms with E-state index in [4.69, 9.17) is 0 Å². The lowest BCUT2D eigenvalue weighted by atomic mass is 10.0. The third kappa shape index (κ3) is 2.82. The fourth-order valence-electron chi connectivity index (χ4n) is 2.98. The lowest BCUT2D eigenvalue weighted by molar-refractivity contribution is 0.618. The standard InChI is InChI=1S/C17H15FN4S/c18-13-6-3-5-12(11-13)15-8-4-10-22(15)17-21-20-16(23-17)14-7-1-2-9-19-14/h1-3,5-7,9,11,15H,4,8,10H2/t15-/m0/s1. The molecule has 0 unspecified atom stereocenters. The Kier molecular flexibility index (Phi) is 3.75. The maximum absolute atomic E-state index is 13.5. The van der Waals surface area contributed by atoms with Gasteiger partial charge in [-0.2, -0.15) is 0 Å². The van der Waals surface area contributed by atoms with Crippen LogP contribution in [0.2, 0.25) is 0 Å². The van der Waals surface area contributed by atoms with Gasteiger partial charge in [-0.15, -0.1) is 10.2 Å². The predicted octanol–water partition coefficient (Wildman–Crippen LogP) is 4.08. The Morgan fingerprint density at radius 1 is 1.13 bits per heavy atom. The molecule has 0 bridgehead atoms. The highest BCUT2D eigenvalue weighted by atomic mass is 32.1. The van der Waals surface area contributed by atoms with Gasteiger partial charge in [0.2, 0.25) is 5.13 Å². The molecule has 0 radical (unpaired) electrons. The zero-order chi connectivity index (χ0) is 15.6. The molecule has 1 saturated heterocycles. The van der Waals surface area contributed by atoms with Crippen molar-refractivity contribution in [1.82, 2.24) is 15.2 Å². The number of aromatic nitrogens is 3. The first-order valence-electron chi connectivity index (χ1n) is 7.58. The summed E-state index contributed by atoms with van der Waals surface area (Å²) in [6.45, 7) is 0.915. The van der Waals surface area contributed by atoms with Gasteiger partial charge in [-0.3, -0.25) is 4.98 Å². The predicted molar refractivity (Wildman–Crippen MR) is 88.9 cm³/mol. The van der Waals surface area contributed by atoms with E-state index in [0.29, 0.717) is 0 Å². The topological polar surface area (TPSA) is 41.9 Å². The zero-order valence-corrected chi connectivity index (χ0v) is 13.2. The van der Waals surface area contributed by atoms with Crippen molar-refractivity contribution in [2.45, 2.75) is 18.9 Å². The molecule has 23 heavy (non-hydrogen) atoms. The summed E-state index contributed by atoms with van der Waals surface area (Å²) in [5.74, 6) is -0.194. The quantitative estimate of drug-likeness (QED) is 0.727. The largest absolute Gasteiger partial charge is 0.340 e. The Labute approximate surface area is 137 Å². The van der Waals surface area contributed by atoms with E-state index >= 15 is 0 Å². The molecule has 2 aromatic heterocycles. The van der Waals surface area contributed by atoms with Crippen LogP contribution in [0.5, 0.6) is 0 Å². The van der Waals surface area contributed by atoms with Crippen molar-refractivity contribution in [3.05, 3.63) is 60.0 Å². The van der Waals surface area contributed by atoms with Crippen LogP contribution >= 0.6 is 11.3 Å². The summed E-state index contributed by atoms with van der Waals surface area (Å²) in [4.78, 5) is 6.54. The minimum absolute atomic E-state index is 0.162. The van der Waals surface area contributed by atoms with E-state index in [2.05, 4.69) is 20.1 Å². The molecule has 1 aliphatic rings. The van der Waals surface area contributed by atoms with E-state index in [1.165, 1.54) is 17.4 Å². The summed E-state index contributed by atoms with van der Waals surface area (Å²) < 4.78 is 13.5. The first-order chi connectivity index (χ1) is 11.3. The molecule has 116 valence electrons. The molecular formula is C17H15FN4S. The summed E-state index contributed by atoms with van der Waals surface area (Å²) in [5, 5.41) is 10.3. The van der Waals surface area contributed by atoms with Gasteiger partial charge in [0.1, 0.15) is 11.5 Å². The number of nitrogens with zero attached hydrogens (tertiary/aromatic N) is 4. The first kappa shape index (κ1) is 14.3. The number of hydrogen-bond acceptors (Lipinski definition) is 5. The van der Waals surface area contributed by atoms with Gasteiger partial charge in [0.05, 0.1) is 6.04 Å². The van der Waals surface area contributed by atoms with Gasteiger partial charge < -0.3 is 4.90 Å². The first-order valence-corrected chi connectivity index (χ1v) is 8.40. The van der Waals surface area contributed by atoms with Gasteiger partial charge in [-0.25, -0.2) is 4.39 Å². The second kappa shape index (κ2) is 6.04. The summed E-state index contributed by atoms with van der Waals surface area (Å²) in [5.41, 5.74) is 1.83. The van der Waals surface area contributed by atoms with Gasteiger partial charge in [0, 0.05) is 12.7 Å². The van der Waals surface area contributed by atoms with Crippen molar-refractivity contribution in [2.24, 2.45) is 0 Å². The second-order valence-corrected chi connectivity index (χ2v) is 6.47. The molecule has 0 aliphatic carbocycles. The molecule has 0 N–H and O–H groups in total.